The van der Waals surface area contributed by atoms with Crippen LogP contribution in [0.2, 0.25) is 0 Å². The molecule has 6 nitrogen and oxygen atoms in total. The number of nitrogens with zero attached hydrogens (tertiary/aromatic N) is 1. The molecule has 0 saturated carbocycles. The first kappa shape index (κ1) is 18.5. The minimum atomic E-state index is -0.236. The van der Waals surface area contributed by atoms with Crippen molar-refractivity contribution in [3.63, 3.8) is 0 Å². The van der Waals surface area contributed by atoms with Crippen molar-refractivity contribution in [1.82, 2.24) is 4.98 Å². The van der Waals surface area contributed by atoms with Crippen LogP contribution in [0.1, 0.15) is 24.8 Å². The number of anilines is 1. The maximum Gasteiger partial charge on any atom is 0.248 e. The molecule has 0 fully saturated rings. The van der Waals surface area contributed by atoms with Crippen LogP contribution < -0.4 is 14.8 Å². The number of aromatic nitrogens is 1. The first-order chi connectivity index (χ1) is 13.1. The number of oxazole rings is 1. The molecule has 1 aromatic heterocycles. The van der Waals surface area contributed by atoms with Gasteiger partial charge in [0.15, 0.2) is 23.0 Å². The Kier molecular flexibility index (Phi) is 5.76. The number of hydrogen-bond acceptors (Lipinski definition) is 5. The Hall–Kier alpha value is -3.28. The van der Waals surface area contributed by atoms with E-state index in [0.29, 0.717) is 40.8 Å². The van der Waals surface area contributed by atoms with E-state index < -0.39 is 0 Å². The highest BCUT2D eigenvalue weighted by Gasteiger charge is 2.06. The number of nitrogens with one attached hydrogen (secondary N) is 1. The Morgan fingerprint density at radius 1 is 1.22 bits per heavy atom. The molecule has 0 aliphatic carbocycles. The monoisotopic (exact) mass is 366 g/mol. The number of carbonyl (C=O) groups is 1. The van der Waals surface area contributed by atoms with Gasteiger partial charge in [-0.15, -0.1) is 0 Å². The number of hydrogen-bond donors (Lipinski definition) is 1. The topological polar surface area (TPSA) is 73.6 Å². The van der Waals surface area contributed by atoms with Crippen LogP contribution in [-0.4, -0.2) is 24.6 Å². The van der Waals surface area contributed by atoms with Gasteiger partial charge in [0.25, 0.3) is 0 Å². The molecule has 27 heavy (non-hydrogen) atoms. The number of fused-ring (bicyclic) bond motifs is 1. The van der Waals surface area contributed by atoms with Gasteiger partial charge in [0, 0.05) is 18.7 Å². The van der Waals surface area contributed by atoms with Crippen LogP contribution in [0.15, 0.2) is 46.9 Å². The molecule has 1 N–H and O–H groups in total. The van der Waals surface area contributed by atoms with Gasteiger partial charge in [-0.05, 0) is 48.4 Å². The van der Waals surface area contributed by atoms with E-state index in [0.717, 1.165) is 12.0 Å². The Bertz CT molecular complexity index is 975. The summed E-state index contributed by atoms with van der Waals surface area (Å²) >= 11 is 0. The normalized spacial score (nSPS) is 11.1. The Morgan fingerprint density at radius 2 is 2.07 bits per heavy atom. The van der Waals surface area contributed by atoms with Gasteiger partial charge in [0.05, 0.1) is 13.7 Å². The molecule has 0 radical (unpaired) electrons. The smallest absolute Gasteiger partial charge is 0.248 e. The lowest BCUT2D eigenvalue weighted by atomic mass is 10.2. The van der Waals surface area contributed by atoms with Crippen molar-refractivity contribution in [3.8, 4) is 11.5 Å². The molecule has 0 spiro atoms. The van der Waals surface area contributed by atoms with E-state index in [1.54, 1.807) is 38.3 Å². The van der Waals surface area contributed by atoms with Crippen molar-refractivity contribution in [2.24, 2.45) is 0 Å². The maximum absolute atomic E-state index is 12.2. The second-order valence-electron chi connectivity index (χ2n) is 6.00. The standard InChI is InChI=1S/C21H22N2O4/c1-4-11-26-19-8-5-15(12-20(19)25-3)6-10-21(24)23-16-7-9-18-17(13-16)22-14(2)27-18/h5-10,12-13H,4,11H2,1-3H3,(H,23,24)/b10-6+. The lowest BCUT2D eigenvalue weighted by Gasteiger charge is -2.10. The summed E-state index contributed by atoms with van der Waals surface area (Å²) in [5, 5.41) is 2.82. The predicted octanol–water partition coefficient (Wildman–Crippen LogP) is 4.59. The third-order valence-electron chi connectivity index (χ3n) is 3.84. The quantitative estimate of drug-likeness (QED) is 0.619. The van der Waals surface area contributed by atoms with Crippen molar-refractivity contribution in [2.45, 2.75) is 20.3 Å². The summed E-state index contributed by atoms with van der Waals surface area (Å²) in [7, 11) is 1.59. The molecule has 3 rings (SSSR count). The van der Waals surface area contributed by atoms with Crippen LogP contribution in [0.4, 0.5) is 5.69 Å². The van der Waals surface area contributed by atoms with Gasteiger partial charge < -0.3 is 19.2 Å². The van der Waals surface area contributed by atoms with E-state index in [1.807, 2.05) is 25.1 Å². The van der Waals surface area contributed by atoms with E-state index in [9.17, 15) is 4.79 Å². The Balaban J connectivity index is 1.68. The molecule has 0 atom stereocenters. The summed E-state index contributed by atoms with van der Waals surface area (Å²) in [5.74, 6) is 1.68. The van der Waals surface area contributed by atoms with Crippen molar-refractivity contribution < 1.29 is 18.7 Å². The molecule has 0 saturated heterocycles. The van der Waals surface area contributed by atoms with Gasteiger partial charge in [0.2, 0.25) is 5.91 Å². The number of aryl methyl sites for hydroxylation is 1. The number of benzene rings is 2. The van der Waals surface area contributed by atoms with Gasteiger partial charge in [-0.25, -0.2) is 4.98 Å². The van der Waals surface area contributed by atoms with Crippen molar-refractivity contribution in [3.05, 3.63) is 53.9 Å². The number of ether oxygens (including phenoxy) is 2. The third kappa shape index (κ3) is 4.67. The largest absolute Gasteiger partial charge is 0.493 e. The van der Waals surface area contributed by atoms with E-state index in [2.05, 4.69) is 10.3 Å². The van der Waals surface area contributed by atoms with Crippen LogP contribution in [0.25, 0.3) is 17.2 Å². The molecule has 3 aromatic rings. The van der Waals surface area contributed by atoms with Gasteiger partial charge in [-0.1, -0.05) is 13.0 Å². The van der Waals surface area contributed by atoms with Gasteiger partial charge in [-0.2, -0.15) is 0 Å². The molecule has 6 heteroatoms. The SMILES string of the molecule is CCCOc1ccc(/C=C/C(=O)Nc2ccc3oc(C)nc3c2)cc1OC. The summed E-state index contributed by atoms with van der Waals surface area (Å²) in [6.07, 6.45) is 4.12. The fraction of sp³-hybridized carbons (Fsp3) is 0.238. The van der Waals surface area contributed by atoms with E-state index in [1.165, 1.54) is 6.08 Å². The Morgan fingerprint density at radius 3 is 2.85 bits per heavy atom. The number of rotatable bonds is 7. The first-order valence-corrected chi connectivity index (χ1v) is 8.76. The Labute approximate surface area is 157 Å². The van der Waals surface area contributed by atoms with Crippen LogP contribution >= 0.6 is 0 Å². The first-order valence-electron chi connectivity index (χ1n) is 8.76. The van der Waals surface area contributed by atoms with Crippen LogP contribution in [0.3, 0.4) is 0 Å². The second kappa shape index (κ2) is 8.40. The minimum absolute atomic E-state index is 0.236. The van der Waals surface area contributed by atoms with Gasteiger partial charge in [0.1, 0.15) is 5.52 Å². The maximum atomic E-state index is 12.2. The summed E-state index contributed by atoms with van der Waals surface area (Å²) < 4.78 is 16.4. The van der Waals surface area contributed by atoms with Crippen molar-refractivity contribution in [1.29, 1.82) is 0 Å². The molecular weight excluding hydrogens is 344 g/mol. The molecule has 0 aliphatic rings. The number of amides is 1. The zero-order valence-corrected chi connectivity index (χ0v) is 15.6. The van der Waals surface area contributed by atoms with Gasteiger partial charge >= 0.3 is 0 Å². The van der Waals surface area contributed by atoms with Crippen LogP contribution in [-0.2, 0) is 4.79 Å². The fourth-order valence-corrected chi connectivity index (χ4v) is 2.60. The van der Waals surface area contributed by atoms with Crippen molar-refractivity contribution in [2.75, 3.05) is 19.0 Å². The molecule has 0 aliphatic heterocycles. The molecule has 0 bridgehead atoms. The van der Waals surface area contributed by atoms with Crippen molar-refractivity contribution >= 4 is 28.8 Å². The molecule has 2 aromatic carbocycles. The van der Waals surface area contributed by atoms with E-state index in [-0.39, 0.29) is 5.91 Å². The minimum Gasteiger partial charge on any atom is -0.493 e. The zero-order chi connectivity index (χ0) is 19.2. The summed E-state index contributed by atoms with van der Waals surface area (Å²) in [6, 6.07) is 10.9. The molecule has 1 heterocycles. The van der Waals surface area contributed by atoms with E-state index >= 15 is 0 Å². The van der Waals surface area contributed by atoms with E-state index in [4.69, 9.17) is 13.9 Å². The van der Waals surface area contributed by atoms with Crippen LogP contribution in [0, 0.1) is 6.92 Å². The highest BCUT2D eigenvalue weighted by Crippen LogP contribution is 2.28. The van der Waals surface area contributed by atoms with Crippen LogP contribution in [0.5, 0.6) is 11.5 Å². The molecule has 140 valence electrons. The average Bonchev–Trinajstić information content (AvgIpc) is 3.04. The summed E-state index contributed by atoms with van der Waals surface area (Å²) in [4.78, 5) is 16.5. The summed E-state index contributed by atoms with van der Waals surface area (Å²) in [5.41, 5.74) is 2.90. The predicted molar refractivity (Wildman–Crippen MR) is 105 cm³/mol. The average molecular weight is 366 g/mol. The molecule has 0 unspecified atom stereocenters. The summed E-state index contributed by atoms with van der Waals surface area (Å²) in [6.45, 7) is 4.46. The molecular formula is C21H22N2O4. The lowest BCUT2D eigenvalue weighted by molar-refractivity contribution is -0.111. The zero-order valence-electron chi connectivity index (χ0n) is 15.6. The highest BCUT2D eigenvalue weighted by atomic mass is 16.5. The fourth-order valence-electron chi connectivity index (χ4n) is 2.60. The van der Waals surface area contributed by atoms with Gasteiger partial charge in [-0.3, -0.25) is 4.79 Å². The third-order valence-corrected chi connectivity index (χ3v) is 3.84. The highest BCUT2D eigenvalue weighted by molar-refractivity contribution is 6.02. The molecule has 1 amide bonds. The lowest BCUT2D eigenvalue weighted by Crippen LogP contribution is -2.07. The number of methoxy groups -OCH3 is 1. The number of carbonyl (C=O) groups excluding carboxylic acids is 1. The second-order valence-corrected chi connectivity index (χ2v) is 6.00.